The van der Waals surface area contributed by atoms with Crippen molar-refractivity contribution in [2.24, 2.45) is 0 Å². The van der Waals surface area contributed by atoms with Gasteiger partial charge in [0.05, 0.1) is 6.54 Å². The molecule has 116 valence electrons. The molecule has 1 fully saturated rings. The molecule has 1 aromatic rings. The average Bonchev–Trinajstić information content (AvgIpc) is 2.48. The molecule has 2 N–H and O–H groups in total. The van der Waals surface area contributed by atoms with Crippen molar-refractivity contribution in [3.05, 3.63) is 30.3 Å². The van der Waals surface area contributed by atoms with Crippen LogP contribution in [0.2, 0.25) is 0 Å². The van der Waals surface area contributed by atoms with Crippen LogP contribution in [-0.2, 0) is 4.79 Å². The van der Waals surface area contributed by atoms with E-state index < -0.39 is 0 Å². The number of benzene rings is 1. The lowest BCUT2D eigenvalue weighted by Crippen LogP contribution is -2.56. The molecular weight excluding hydrogens is 282 g/mol. The zero-order chi connectivity index (χ0) is 15.1. The first-order valence-corrected chi connectivity index (χ1v) is 8.55. The van der Waals surface area contributed by atoms with Crippen molar-refractivity contribution in [3.63, 3.8) is 0 Å². The summed E-state index contributed by atoms with van der Waals surface area (Å²) in [5.74, 6) is 1.04. The standard InChI is InChI=1S/C16H25N3OS/c1-13-11-19(14(2)10-18-13)12-16(20)17-8-9-21-15-6-4-3-5-7-15/h3-7,13-14,18H,8-12H2,1-2H3,(H,17,20). The van der Waals surface area contributed by atoms with Crippen LogP contribution in [0.4, 0.5) is 0 Å². The van der Waals surface area contributed by atoms with Gasteiger partial charge in [-0.25, -0.2) is 0 Å². The molecule has 1 heterocycles. The van der Waals surface area contributed by atoms with E-state index in [1.807, 2.05) is 18.2 Å². The van der Waals surface area contributed by atoms with Crippen LogP contribution in [0.5, 0.6) is 0 Å². The van der Waals surface area contributed by atoms with Crippen molar-refractivity contribution in [1.29, 1.82) is 0 Å². The van der Waals surface area contributed by atoms with E-state index >= 15 is 0 Å². The first-order valence-electron chi connectivity index (χ1n) is 7.57. The Hall–Kier alpha value is -1.04. The summed E-state index contributed by atoms with van der Waals surface area (Å²) in [6, 6.07) is 11.2. The van der Waals surface area contributed by atoms with Gasteiger partial charge in [0.15, 0.2) is 0 Å². The lowest BCUT2D eigenvalue weighted by molar-refractivity contribution is -0.122. The van der Waals surface area contributed by atoms with E-state index in [9.17, 15) is 4.79 Å². The number of nitrogens with one attached hydrogen (secondary N) is 2. The normalized spacial score (nSPS) is 23.0. The zero-order valence-corrected chi connectivity index (χ0v) is 13.7. The van der Waals surface area contributed by atoms with Crippen LogP contribution in [0.3, 0.4) is 0 Å². The fourth-order valence-corrected chi connectivity index (χ4v) is 3.22. The lowest BCUT2D eigenvalue weighted by Gasteiger charge is -2.36. The number of thioether (sulfide) groups is 1. The third-order valence-corrected chi connectivity index (χ3v) is 4.69. The highest BCUT2D eigenvalue weighted by molar-refractivity contribution is 7.99. The smallest absolute Gasteiger partial charge is 0.234 e. The summed E-state index contributed by atoms with van der Waals surface area (Å²) in [5, 5.41) is 6.44. The molecule has 2 atom stereocenters. The van der Waals surface area contributed by atoms with Gasteiger partial charge in [0.25, 0.3) is 0 Å². The third-order valence-electron chi connectivity index (χ3n) is 3.68. The van der Waals surface area contributed by atoms with Gasteiger partial charge in [-0.3, -0.25) is 9.69 Å². The highest BCUT2D eigenvalue weighted by Crippen LogP contribution is 2.15. The Kier molecular flexibility index (Phi) is 6.54. The number of carbonyl (C=O) groups is 1. The van der Waals surface area contributed by atoms with Crippen molar-refractivity contribution in [3.8, 4) is 0 Å². The molecule has 0 radical (unpaired) electrons. The highest BCUT2D eigenvalue weighted by Gasteiger charge is 2.23. The van der Waals surface area contributed by atoms with Crippen LogP contribution in [-0.4, -0.2) is 54.8 Å². The Morgan fingerprint density at radius 3 is 2.90 bits per heavy atom. The first kappa shape index (κ1) is 16.3. The van der Waals surface area contributed by atoms with Gasteiger partial charge in [-0.2, -0.15) is 0 Å². The topological polar surface area (TPSA) is 44.4 Å². The molecular formula is C16H25N3OS. The maximum atomic E-state index is 12.0. The van der Waals surface area contributed by atoms with Crippen LogP contribution < -0.4 is 10.6 Å². The van der Waals surface area contributed by atoms with Crippen LogP contribution in [0.25, 0.3) is 0 Å². The number of hydrogen-bond donors (Lipinski definition) is 2. The number of rotatable bonds is 6. The summed E-state index contributed by atoms with van der Waals surface area (Å²) >= 11 is 1.77. The minimum Gasteiger partial charge on any atom is -0.354 e. The summed E-state index contributed by atoms with van der Waals surface area (Å²) in [7, 11) is 0. The Bertz CT molecular complexity index is 440. The molecule has 0 aromatic heterocycles. The SMILES string of the molecule is CC1CN(CC(=O)NCCSc2ccccc2)C(C)CN1. The summed E-state index contributed by atoms with van der Waals surface area (Å²) in [6.07, 6.45) is 0. The van der Waals surface area contributed by atoms with Gasteiger partial charge in [-0.1, -0.05) is 18.2 Å². The second-order valence-electron chi connectivity index (χ2n) is 5.60. The van der Waals surface area contributed by atoms with Crippen molar-refractivity contribution in [2.75, 3.05) is 31.9 Å². The summed E-state index contributed by atoms with van der Waals surface area (Å²) in [5.41, 5.74) is 0. The van der Waals surface area contributed by atoms with E-state index in [0.29, 0.717) is 25.2 Å². The lowest BCUT2D eigenvalue weighted by atomic mass is 10.1. The molecule has 21 heavy (non-hydrogen) atoms. The second kappa shape index (κ2) is 8.41. The molecule has 0 bridgehead atoms. The Balaban J connectivity index is 1.63. The molecule has 1 aliphatic heterocycles. The highest BCUT2D eigenvalue weighted by atomic mass is 32.2. The Morgan fingerprint density at radius 1 is 1.38 bits per heavy atom. The largest absolute Gasteiger partial charge is 0.354 e. The van der Waals surface area contributed by atoms with Crippen LogP contribution in [0, 0.1) is 0 Å². The third kappa shape index (κ3) is 5.69. The van der Waals surface area contributed by atoms with Gasteiger partial charge in [0.2, 0.25) is 5.91 Å². The van der Waals surface area contributed by atoms with Gasteiger partial charge in [0.1, 0.15) is 0 Å². The van der Waals surface area contributed by atoms with Crippen molar-refractivity contribution >= 4 is 17.7 Å². The number of carbonyl (C=O) groups excluding carboxylic acids is 1. The van der Waals surface area contributed by atoms with Crippen molar-refractivity contribution < 1.29 is 4.79 Å². The maximum absolute atomic E-state index is 12.0. The van der Waals surface area contributed by atoms with E-state index in [2.05, 4.69) is 41.5 Å². The monoisotopic (exact) mass is 307 g/mol. The van der Waals surface area contributed by atoms with Crippen molar-refractivity contribution in [2.45, 2.75) is 30.8 Å². The Morgan fingerprint density at radius 2 is 2.14 bits per heavy atom. The molecule has 0 spiro atoms. The molecule has 1 amide bonds. The predicted octanol–water partition coefficient (Wildman–Crippen LogP) is 1.58. The molecule has 1 saturated heterocycles. The minimum absolute atomic E-state index is 0.129. The minimum atomic E-state index is 0.129. The van der Waals surface area contributed by atoms with Gasteiger partial charge in [-0.05, 0) is 26.0 Å². The van der Waals surface area contributed by atoms with Crippen LogP contribution in [0.1, 0.15) is 13.8 Å². The zero-order valence-electron chi connectivity index (χ0n) is 12.8. The summed E-state index contributed by atoms with van der Waals surface area (Å²) < 4.78 is 0. The van der Waals surface area contributed by atoms with Gasteiger partial charge < -0.3 is 10.6 Å². The van der Waals surface area contributed by atoms with Gasteiger partial charge >= 0.3 is 0 Å². The van der Waals surface area contributed by atoms with E-state index in [1.54, 1.807) is 11.8 Å². The van der Waals surface area contributed by atoms with Gasteiger partial charge in [0, 0.05) is 42.4 Å². The number of hydrogen-bond acceptors (Lipinski definition) is 4. The number of nitrogens with zero attached hydrogens (tertiary/aromatic N) is 1. The molecule has 4 nitrogen and oxygen atoms in total. The predicted molar refractivity (Wildman–Crippen MR) is 88.7 cm³/mol. The van der Waals surface area contributed by atoms with Crippen molar-refractivity contribution in [1.82, 2.24) is 15.5 Å². The molecule has 2 unspecified atom stereocenters. The average molecular weight is 307 g/mol. The first-order chi connectivity index (χ1) is 10.1. The molecule has 5 heteroatoms. The second-order valence-corrected chi connectivity index (χ2v) is 6.77. The van der Waals surface area contributed by atoms with Gasteiger partial charge in [-0.15, -0.1) is 11.8 Å². The molecule has 0 saturated carbocycles. The molecule has 1 aromatic carbocycles. The summed E-state index contributed by atoms with van der Waals surface area (Å²) in [4.78, 5) is 15.5. The van der Waals surface area contributed by atoms with Crippen LogP contribution >= 0.6 is 11.8 Å². The number of piperazine rings is 1. The number of amides is 1. The molecule has 1 aliphatic rings. The van der Waals surface area contributed by atoms with Crippen LogP contribution in [0.15, 0.2) is 35.2 Å². The summed E-state index contributed by atoms with van der Waals surface area (Å²) in [6.45, 7) is 7.44. The molecule has 2 rings (SSSR count). The van der Waals surface area contributed by atoms with E-state index in [0.717, 1.165) is 18.8 Å². The maximum Gasteiger partial charge on any atom is 0.234 e. The Labute approximate surface area is 131 Å². The fourth-order valence-electron chi connectivity index (χ4n) is 2.43. The quantitative estimate of drug-likeness (QED) is 0.619. The van der Waals surface area contributed by atoms with E-state index in [4.69, 9.17) is 0 Å². The van der Waals surface area contributed by atoms with E-state index in [-0.39, 0.29) is 5.91 Å². The fraction of sp³-hybridized carbons (Fsp3) is 0.562. The molecule has 0 aliphatic carbocycles. The van der Waals surface area contributed by atoms with E-state index in [1.165, 1.54) is 4.90 Å².